The molecule has 5 atom stereocenters. The number of aromatic amines is 1. The minimum Gasteiger partial charge on any atom is -0.390 e. The molecule has 1 aromatic heterocycles. The largest absolute Gasteiger partial charge is 0.490 e. The summed E-state index contributed by atoms with van der Waals surface area (Å²) in [6, 6.07) is 0. The molecule has 0 radical (unpaired) electrons. The molecule has 0 aliphatic carbocycles. The second-order valence-corrected chi connectivity index (χ2v) is 10.9. The fraction of sp³-hybridized carbons (Fsp3) is 0.600. The van der Waals surface area contributed by atoms with Gasteiger partial charge in [-0.1, -0.05) is 0 Å². The Morgan fingerprint density at radius 3 is 2.40 bits per heavy atom. The first-order valence-electron chi connectivity index (χ1n) is 7.65. The van der Waals surface area contributed by atoms with Crippen molar-refractivity contribution < 1.29 is 56.3 Å². The van der Waals surface area contributed by atoms with Crippen LogP contribution in [0.3, 0.4) is 0 Å². The Morgan fingerprint density at radius 1 is 1.20 bits per heavy atom. The summed E-state index contributed by atoms with van der Waals surface area (Å²) in [5.74, 6) is 0. The van der Waals surface area contributed by atoms with E-state index in [4.69, 9.17) is 19.4 Å². The van der Waals surface area contributed by atoms with Crippen molar-refractivity contribution in [1.29, 1.82) is 0 Å². The number of hydrogen-bond acceptors (Lipinski definition) is 11. The van der Waals surface area contributed by atoms with Crippen molar-refractivity contribution in [2.24, 2.45) is 0 Å². The third kappa shape index (κ3) is 7.21. The highest BCUT2D eigenvalue weighted by Gasteiger charge is 2.43. The zero-order valence-electron chi connectivity index (χ0n) is 14.8. The van der Waals surface area contributed by atoms with E-state index < -0.39 is 59.6 Å². The van der Waals surface area contributed by atoms with Crippen LogP contribution in [-0.4, -0.2) is 58.7 Å². The van der Waals surface area contributed by atoms with Crippen LogP contribution < -0.4 is 11.2 Å². The summed E-state index contributed by atoms with van der Waals surface area (Å²) >= 11 is 0.989. The van der Waals surface area contributed by atoms with Gasteiger partial charge in [0.15, 0.2) is 0 Å². The fourth-order valence-corrected chi connectivity index (χ4v) is 5.84. The molecule has 20 heteroatoms. The van der Waals surface area contributed by atoms with Crippen LogP contribution in [0.25, 0.3) is 0 Å². The van der Waals surface area contributed by atoms with Crippen LogP contribution in [0.1, 0.15) is 18.1 Å². The third-order valence-electron chi connectivity index (χ3n) is 3.52. The maximum Gasteiger partial charge on any atom is 0.490 e. The van der Waals surface area contributed by atoms with Gasteiger partial charge in [-0.3, -0.25) is 14.3 Å². The Balaban J connectivity index is 2.05. The Hall–Kier alpha value is -0.640. The molecule has 1 aromatic rings. The standard InChI is InChI=1S/C10H17N2O14P3S/c1-30-12-3-5(9(14)11-10(12)15)7-2-6(13)8(24-7)4-23-28(19,20)26-29(21,22)25-27(16,17)18/h3,6-8,13H,2,4H2,1H3,(H,19,20)(H,21,22)(H,11,14,15)(H2,16,17,18)/t6-,7-,8-/m1/s1. The minimum absolute atomic E-state index is 0.0103. The number of ether oxygens (including phenoxy) is 1. The molecule has 16 nitrogen and oxygen atoms in total. The zero-order chi connectivity index (χ0) is 22.9. The topological polar surface area (TPSA) is 244 Å². The first kappa shape index (κ1) is 25.6. The summed E-state index contributed by atoms with van der Waals surface area (Å²) in [6.45, 7) is -0.874. The van der Waals surface area contributed by atoms with Crippen molar-refractivity contribution in [1.82, 2.24) is 8.96 Å². The molecule has 0 aromatic carbocycles. The average molecular weight is 514 g/mol. The highest BCUT2D eigenvalue weighted by molar-refractivity contribution is 7.97. The van der Waals surface area contributed by atoms with E-state index in [1.807, 2.05) is 0 Å². The van der Waals surface area contributed by atoms with Gasteiger partial charge >= 0.3 is 29.2 Å². The molecule has 2 rings (SSSR count). The smallest absolute Gasteiger partial charge is 0.390 e. The molecule has 2 unspecified atom stereocenters. The van der Waals surface area contributed by atoms with E-state index in [0.29, 0.717) is 0 Å². The van der Waals surface area contributed by atoms with Gasteiger partial charge in [0.2, 0.25) is 0 Å². The van der Waals surface area contributed by atoms with Crippen LogP contribution in [0.15, 0.2) is 15.8 Å². The summed E-state index contributed by atoms with van der Waals surface area (Å²) in [6.07, 6.45) is -1.00. The molecule has 0 spiro atoms. The highest BCUT2D eigenvalue weighted by Crippen LogP contribution is 2.66. The van der Waals surface area contributed by atoms with E-state index in [1.54, 1.807) is 6.26 Å². The number of phosphoric ester groups is 1. The van der Waals surface area contributed by atoms with Crippen LogP contribution in [0.2, 0.25) is 0 Å². The number of aliphatic hydroxyl groups is 1. The Kier molecular flexibility index (Phi) is 8.08. The lowest BCUT2D eigenvalue weighted by molar-refractivity contribution is -0.0225. The van der Waals surface area contributed by atoms with Gasteiger partial charge in [-0.2, -0.15) is 8.62 Å². The summed E-state index contributed by atoms with van der Waals surface area (Å²) in [5.41, 5.74) is -1.46. The maximum absolute atomic E-state index is 12.0. The van der Waals surface area contributed by atoms with Gasteiger partial charge < -0.3 is 29.4 Å². The van der Waals surface area contributed by atoms with Crippen molar-refractivity contribution in [3.05, 3.63) is 32.6 Å². The van der Waals surface area contributed by atoms with Crippen LogP contribution in [0.4, 0.5) is 0 Å². The molecular weight excluding hydrogens is 497 g/mol. The third-order valence-corrected chi connectivity index (χ3v) is 7.99. The second kappa shape index (κ2) is 9.46. The molecule has 6 N–H and O–H groups in total. The highest BCUT2D eigenvalue weighted by atomic mass is 32.2. The summed E-state index contributed by atoms with van der Waals surface area (Å²) in [7, 11) is -16.6. The molecule has 0 bridgehead atoms. The minimum atomic E-state index is -5.68. The Morgan fingerprint density at radius 2 is 1.83 bits per heavy atom. The number of hydrogen-bond donors (Lipinski definition) is 6. The van der Waals surface area contributed by atoms with Crippen LogP contribution >= 0.6 is 35.4 Å². The molecule has 30 heavy (non-hydrogen) atoms. The van der Waals surface area contributed by atoms with Gasteiger partial charge in [0.05, 0.1) is 24.4 Å². The lowest BCUT2D eigenvalue weighted by atomic mass is 10.1. The molecule has 1 saturated heterocycles. The van der Waals surface area contributed by atoms with Crippen LogP contribution in [0.5, 0.6) is 0 Å². The van der Waals surface area contributed by atoms with E-state index in [0.717, 1.165) is 15.9 Å². The predicted octanol–water partition coefficient (Wildman–Crippen LogP) is -0.803. The lowest BCUT2D eigenvalue weighted by Gasteiger charge is -2.19. The van der Waals surface area contributed by atoms with Gasteiger partial charge in [-0.05, 0) is 11.9 Å². The SMILES string of the molecule is CSn1cc([C@H]2C[C@@H](O)[C@@H](COP(=O)(O)OP(=O)(O)OP(=O)(O)O)O2)c(=O)[nH]c1=O. The van der Waals surface area contributed by atoms with Gasteiger partial charge in [0.1, 0.15) is 6.10 Å². The molecule has 0 saturated carbocycles. The fourth-order valence-electron chi connectivity index (χ4n) is 2.38. The molecule has 1 aliphatic heterocycles. The van der Waals surface area contributed by atoms with Crippen molar-refractivity contribution >= 4 is 35.4 Å². The summed E-state index contributed by atoms with van der Waals surface area (Å²) in [4.78, 5) is 61.1. The molecule has 1 aliphatic rings. The molecule has 1 fully saturated rings. The van der Waals surface area contributed by atoms with E-state index in [9.17, 15) is 33.3 Å². The van der Waals surface area contributed by atoms with Crippen molar-refractivity contribution in [2.75, 3.05) is 12.9 Å². The van der Waals surface area contributed by atoms with Crippen molar-refractivity contribution in [3.8, 4) is 0 Å². The first-order valence-corrected chi connectivity index (χ1v) is 13.3. The van der Waals surface area contributed by atoms with E-state index in [2.05, 4.69) is 18.1 Å². The van der Waals surface area contributed by atoms with Crippen molar-refractivity contribution in [3.63, 3.8) is 0 Å². The number of nitrogens with one attached hydrogen (secondary N) is 1. The normalized spacial score (nSPS) is 26.3. The van der Waals surface area contributed by atoms with Crippen LogP contribution in [-0.2, 0) is 31.6 Å². The number of H-pyrrole nitrogens is 1. The van der Waals surface area contributed by atoms with E-state index >= 15 is 0 Å². The molecule has 172 valence electrons. The predicted molar refractivity (Wildman–Crippen MR) is 98.3 cm³/mol. The molecule has 2 heterocycles. The van der Waals surface area contributed by atoms with Gasteiger partial charge in [-0.15, -0.1) is 0 Å². The average Bonchev–Trinajstić information content (AvgIpc) is 2.90. The van der Waals surface area contributed by atoms with Gasteiger partial charge in [0, 0.05) is 18.9 Å². The quantitative estimate of drug-likeness (QED) is 0.221. The van der Waals surface area contributed by atoms with Crippen molar-refractivity contribution in [2.45, 2.75) is 24.7 Å². The Bertz CT molecular complexity index is 1030. The molecular formula is C10H17N2O14P3S. The first-order chi connectivity index (χ1) is 13.6. The Labute approximate surface area is 171 Å². The zero-order valence-corrected chi connectivity index (χ0v) is 18.3. The molecule has 0 amide bonds. The van der Waals surface area contributed by atoms with E-state index in [-0.39, 0.29) is 12.0 Å². The van der Waals surface area contributed by atoms with E-state index in [1.165, 1.54) is 6.20 Å². The number of aliphatic hydroxyl groups excluding tert-OH is 1. The lowest BCUT2D eigenvalue weighted by Crippen LogP contribution is -2.30. The number of aromatic nitrogens is 2. The van der Waals surface area contributed by atoms with Gasteiger partial charge in [0.25, 0.3) is 5.56 Å². The number of phosphoric acid groups is 3. The van der Waals surface area contributed by atoms with Crippen LogP contribution in [0, 0.1) is 0 Å². The number of nitrogens with zero attached hydrogens (tertiary/aromatic N) is 1. The monoisotopic (exact) mass is 514 g/mol. The number of rotatable bonds is 9. The summed E-state index contributed by atoms with van der Waals surface area (Å²) < 4.78 is 51.6. The summed E-state index contributed by atoms with van der Waals surface area (Å²) in [5, 5.41) is 10.0. The maximum atomic E-state index is 12.0. The second-order valence-electron chi connectivity index (χ2n) is 5.71. The van der Waals surface area contributed by atoms with Gasteiger partial charge in [-0.25, -0.2) is 22.5 Å².